The van der Waals surface area contributed by atoms with Crippen LogP contribution in [0.4, 0.5) is 0 Å². The maximum atomic E-state index is 8.93. The van der Waals surface area contributed by atoms with E-state index >= 15 is 0 Å². The van der Waals surface area contributed by atoms with Gasteiger partial charge in [0, 0.05) is 0 Å². The van der Waals surface area contributed by atoms with Crippen LogP contribution >= 0.6 is 0 Å². The first kappa shape index (κ1) is 9.18. The standard InChI is InChI=1S/C7H18OSi/c1-3-5-7(9-8)6-4-2/h7-8H,3-6,9H2,1-2H3. The lowest BCUT2D eigenvalue weighted by atomic mass is 10.1. The molecule has 0 spiro atoms. The third-order valence-electron chi connectivity index (χ3n) is 1.65. The van der Waals surface area contributed by atoms with Gasteiger partial charge in [-0.2, -0.15) is 0 Å². The second-order valence-corrected chi connectivity index (χ2v) is 4.15. The molecule has 0 saturated carbocycles. The summed E-state index contributed by atoms with van der Waals surface area (Å²) in [5.41, 5.74) is 0.708. The highest BCUT2D eigenvalue weighted by atomic mass is 28.2. The Labute approximate surface area is 60.4 Å². The Hall–Kier alpha value is 0.177. The lowest BCUT2D eigenvalue weighted by Crippen LogP contribution is -2.01. The van der Waals surface area contributed by atoms with Gasteiger partial charge >= 0.3 is 0 Å². The van der Waals surface area contributed by atoms with Gasteiger partial charge in [-0.1, -0.05) is 39.5 Å². The molecule has 2 heteroatoms. The normalized spacial score (nSPS) is 12.0. The van der Waals surface area contributed by atoms with E-state index in [1.807, 2.05) is 0 Å². The monoisotopic (exact) mass is 146 g/mol. The molecule has 0 saturated heterocycles. The van der Waals surface area contributed by atoms with E-state index in [-0.39, 0.29) is 0 Å². The molecule has 0 aromatic carbocycles. The van der Waals surface area contributed by atoms with Gasteiger partial charge in [0.15, 0.2) is 9.76 Å². The maximum Gasteiger partial charge on any atom is 0.159 e. The molecule has 0 aliphatic rings. The Morgan fingerprint density at radius 2 is 1.67 bits per heavy atom. The fourth-order valence-electron chi connectivity index (χ4n) is 1.14. The molecule has 56 valence electrons. The Balaban J connectivity index is 3.18. The molecular formula is C7H18OSi. The first-order valence-electron chi connectivity index (χ1n) is 3.96. The molecule has 1 N–H and O–H groups in total. The predicted octanol–water partition coefficient (Wildman–Crippen LogP) is 1.45. The second kappa shape index (κ2) is 6.30. The van der Waals surface area contributed by atoms with Crippen LogP contribution in [0.5, 0.6) is 0 Å². The van der Waals surface area contributed by atoms with Gasteiger partial charge in [0.2, 0.25) is 0 Å². The molecule has 0 atom stereocenters. The summed E-state index contributed by atoms with van der Waals surface area (Å²) in [7, 11) is -0.694. The topological polar surface area (TPSA) is 20.2 Å². The van der Waals surface area contributed by atoms with Gasteiger partial charge in [-0.15, -0.1) is 0 Å². The lowest BCUT2D eigenvalue weighted by Gasteiger charge is -2.08. The smallest absolute Gasteiger partial charge is 0.159 e. The van der Waals surface area contributed by atoms with Gasteiger partial charge in [-0.25, -0.2) is 0 Å². The zero-order valence-corrected chi connectivity index (χ0v) is 7.97. The van der Waals surface area contributed by atoms with Crippen LogP contribution in [-0.4, -0.2) is 14.6 Å². The first-order valence-corrected chi connectivity index (χ1v) is 5.40. The fraction of sp³-hybridized carbons (Fsp3) is 1.00. The zero-order valence-electron chi connectivity index (χ0n) is 6.56. The van der Waals surface area contributed by atoms with E-state index in [2.05, 4.69) is 13.8 Å². The van der Waals surface area contributed by atoms with Gasteiger partial charge in [0.1, 0.15) is 0 Å². The van der Waals surface area contributed by atoms with Crippen molar-refractivity contribution in [1.29, 1.82) is 0 Å². The van der Waals surface area contributed by atoms with Gasteiger partial charge in [-0.3, -0.25) is 0 Å². The van der Waals surface area contributed by atoms with Gasteiger partial charge in [-0.05, 0) is 5.54 Å². The minimum absolute atomic E-state index is 0.694. The van der Waals surface area contributed by atoms with Crippen LogP contribution in [0.15, 0.2) is 0 Å². The summed E-state index contributed by atoms with van der Waals surface area (Å²) in [4.78, 5) is 8.93. The SMILES string of the molecule is CCCC(CCC)[SiH2]O. The van der Waals surface area contributed by atoms with Crippen LogP contribution in [0, 0.1) is 0 Å². The van der Waals surface area contributed by atoms with E-state index in [1.165, 1.54) is 25.7 Å². The van der Waals surface area contributed by atoms with E-state index in [4.69, 9.17) is 4.80 Å². The van der Waals surface area contributed by atoms with E-state index in [1.54, 1.807) is 0 Å². The van der Waals surface area contributed by atoms with Crippen LogP contribution in [0.1, 0.15) is 39.5 Å². The van der Waals surface area contributed by atoms with Crippen LogP contribution < -0.4 is 0 Å². The molecule has 0 bridgehead atoms. The highest BCUT2D eigenvalue weighted by Crippen LogP contribution is 2.16. The average molecular weight is 146 g/mol. The maximum absolute atomic E-state index is 8.93. The third-order valence-corrected chi connectivity index (χ3v) is 2.98. The minimum atomic E-state index is -0.694. The van der Waals surface area contributed by atoms with Crippen LogP contribution in [0.2, 0.25) is 5.54 Å². The highest BCUT2D eigenvalue weighted by molar-refractivity contribution is 6.27. The highest BCUT2D eigenvalue weighted by Gasteiger charge is 2.03. The average Bonchev–Trinajstić information content (AvgIpc) is 1.88. The van der Waals surface area contributed by atoms with Crippen molar-refractivity contribution < 1.29 is 4.80 Å². The Kier molecular flexibility index (Phi) is 6.42. The number of hydrogen-bond donors (Lipinski definition) is 1. The molecule has 0 unspecified atom stereocenters. The van der Waals surface area contributed by atoms with Gasteiger partial charge in [0.25, 0.3) is 0 Å². The molecule has 0 amide bonds. The molecule has 0 aliphatic carbocycles. The van der Waals surface area contributed by atoms with Crippen molar-refractivity contribution in [1.82, 2.24) is 0 Å². The molecule has 0 radical (unpaired) electrons. The third kappa shape index (κ3) is 4.67. The fourth-order valence-corrected chi connectivity index (χ4v) is 2.33. The Bertz CT molecular complexity index is 50.9. The summed E-state index contributed by atoms with van der Waals surface area (Å²) in [6, 6.07) is 0. The van der Waals surface area contributed by atoms with Gasteiger partial charge in [0.05, 0.1) is 0 Å². The number of hydrogen-bond acceptors (Lipinski definition) is 1. The minimum Gasteiger partial charge on any atom is -0.438 e. The number of rotatable bonds is 5. The van der Waals surface area contributed by atoms with Crippen LogP contribution in [0.3, 0.4) is 0 Å². The van der Waals surface area contributed by atoms with Crippen molar-refractivity contribution >= 4 is 9.76 Å². The van der Waals surface area contributed by atoms with E-state index < -0.39 is 9.76 Å². The summed E-state index contributed by atoms with van der Waals surface area (Å²) in [6.45, 7) is 4.37. The Morgan fingerprint density at radius 3 is 1.89 bits per heavy atom. The largest absolute Gasteiger partial charge is 0.438 e. The predicted molar refractivity (Wildman–Crippen MR) is 44.3 cm³/mol. The Morgan fingerprint density at radius 1 is 1.22 bits per heavy atom. The molecule has 0 fully saturated rings. The van der Waals surface area contributed by atoms with E-state index in [9.17, 15) is 0 Å². The van der Waals surface area contributed by atoms with Crippen molar-refractivity contribution in [2.75, 3.05) is 0 Å². The zero-order chi connectivity index (χ0) is 7.11. The molecular weight excluding hydrogens is 128 g/mol. The van der Waals surface area contributed by atoms with Crippen molar-refractivity contribution in [3.8, 4) is 0 Å². The van der Waals surface area contributed by atoms with Crippen molar-refractivity contribution in [2.45, 2.75) is 45.1 Å². The van der Waals surface area contributed by atoms with Crippen LogP contribution in [-0.2, 0) is 0 Å². The molecule has 0 aliphatic heterocycles. The van der Waals surface area contributed by atoms with E-state index in [0.717, 1.165) is 0 Å². The first-order chi connectivity index (χ1) is 4.35. The summed E-state index contributed by atoms with van der Waals surface area (Å²) in [6.07, 6.45) is 4.96. The summed E-state index contributed by atoms with van der Waals surface area (Å²) < 4.78 is 0. The summed E-state index contributed by atoms with van der Waals surface area (Å²) >= 11 is 0. The molecule has 0 aromatic rings. The summed E-state index contributed by atoms with van der Waals surface area (Å²) in [5.74, 6) is 0. The van der Waals surface area contributed by atoms with E-state index in [0.29, 0.717) is 5.54 Å². The lowest BCUT2D eigenvalue weighted by molar-refractivity contribution is 0.540. The molecule has 0 aromatic heterocycles. The van der Waals surface area contributed by atoms with Crippen molar-refractivity contribution in [3.05, 3.63) is 0 Å². The molecule has 0 rings (SSSR count). The van der Waals surface area contributed by atoms with Crippen molar-refractivity contribution in [3.63, 3.8) is 0 Å². The molecule has 0 heterocycles. The van der Waals surface area contributed by atoms with Gasteiger partial charge < -0.3 is 4.80 Å². The second-order valence-electron chi connectivity index (χ2n) is 2.63. The van der Waals surface area contributed by atoms with Crippen LogP contribution in [0.25, 0.3) is 0 Å². The molecule has 1 nitrogen and oxygen atoms in total. The molecule has 9 heavy (non-hydrogen) atoms. The summed E-state index contributed by atoms with van der Waals surface area (Å²) in [5, 5.41) is 0. The van der Waals surface area contributed by atoms with Crippen molar-refractivity contribution in [2.24, 2.45) is 0 Å². The quantitative estimate of drug-likeness (QED) is 0.582.